The van der Waals surface area contributed by atoms with Crippen LogP contribution in [0.3, 0.4) is 0 Å². The highest BCUT2D eigenvalue weighted by Crippen LogP contribution is 2.35. The fourth-order valence-corrected chi connectivity index (χ4v) is 2.40. The van der Waals surface area contributed by atoms with Crippen LogP contribution in [0.5, 0.6) is 11.5 Å². The molecule has 0 bridgehead atoms. The topological polar surface area (TPSA) is 39.7 Å². The van der Waals surface area contributed by atoms with Crippen LogP contribution in [0, 0.1) is 6.92 Å². The summed E-state index contributed by atoms with van der Waals surface area (Å²) in [6, 6.07) is 4.19. The Morgan fingerprint density at radius 2 is 1.94 bits per heavy atom. The van der Waals surface area contributed by atoms with Crippen LogP contribution >= 0.6 is 0 Å². The number of ether oxygens (including phenoxy) is 3. The smallest absolute Gasteiger partial charge is 0.124 e. The van der Waals surface area contributed by atoms with Crippen LogP contribution in [0.25, 0.3) is 0 Å². The van der Waals surface area contributed by atoms with Gasteiger partial charge in [0.05, 0.1) is 33.0 Å². The van der Waals surface area contributed by atoms with Crippen molar-refractivity contribution >= 4 is 0 Å². The Bertz CT molecular complexity index is 420. The third-order valence-corrected chi connectivity index (χ3v) is 3.40. The van der Waals surface area contributed by atoms with Crippen molar-refractivity contribution in [1.82, 2.24) is 5.32 Å². The molecule has 4 nitrogen and oxygen atoms in total. The van der Waals surface area contributed by atoms with Gasteiger partial charge in [0, 0.05) is 12.1 Å². The number of morpholine rings is 1. The first kappa shape index (κ1) is 13.2. The minimum absolute atomic E-state index is 0.125. The van der Waals surface area contributed by atoms with E-state index in [2.05, 4.69) is 12.2 Å². The second kappa shape index (κ2) is 5.59. The van der Waals surface area contributed by atoms with E-state index in [0.717, 1.165) is 35.8 Å². The molecule has 1 saturated heterocycles. The van der Waals surface area contributed by atoms with E-state index in [1.807, 2.05) is 19.1 Å². The highest BCUT2D eigenvalue weighted by molar-refractivity contribution is 5.47. The Morgan fingerprint density at radius 1 is 1.22 bits per heavy atom. The predicted molar refractivity (Wildman–Crippen MR) is 70.4 cm³/mol. The summed E-state index contributed by atoms with van der Waals surface area (Å²) in [7, 11) is 3.38. The van der Waals surface area contributed by atoms with Gasteiger partial charge in [-0.25, -0.2) is 0 Å². The van der Waals surface area contributed by atoms with Gasteiger partial charge in [-0.1, -0.05) is 0 Å². The first-order chi connectivity index (χ1) is 8.67. The zero-order valence-corrected chi connectivity index (χ0v) is 11.4. The molecule has 0 radical (unpaired) electrons. The van der Waals surface area contributed by atoms with Crippen LogP contribution in [0.15, 0.2) is 12.1 Å². The predicted octanol–water partition coefficient (Wildman–Crippen LogP) is 2.06. The molecule has 0 amide bonds. The van der Waals surface area contributed by atoms with Crippen LogP contribution < -0.4 is 14.8 Å². The van der Waals surface area contributed by atoms with Crippen LogP contribution in [0.4, 0.5) is 0 Å². The second-order valence-electron chi connectivity index (χ2n) is 4.57. The van der Waals surface area contributed by atoms with E-state index in [9.17, 15) is 0 Å². The average molecular weight is 251 g/mol. The number of rotatable bonds is 3. The van der Waals surface area contributed by atoms with Crippen LogP contribution in [-0.2, 0) is 4.74 Å². The molecule has 4 heteroatoms. The van der Waals surface area contributed by atoms with Gasteiger partial charge in [-0.05, 0) is 31.5 Å². The fraction of sp³-hybridized carbons (Fsp3) is 0.571. The van der Waals surface area contributed by atoms with E-state index in [0.29, 0.717) is 0 Å². The van der Waals surface area contributed by atoms with Crippen LogP contribution in [-0.4, -0.2) is 33.5 Å². The van der Waals surface area contributed by atoms with Crippen molar-refractivity contribution in [1.29, 1.82) is 0 Å². The van der Waals surface area contributed by atoms with Crippen molar-refractivity contribution in [2.45, 2.75) is 26.0 Å². The molecule has 1 aromatic carbocycles. The average Bonchev–Trinajstić information content (AvgIpc) is 2.39. The lowest BCUT2D eigenvalue weighted by molar-refractivity contribution is 0.00690. The fourth-order valence-electron chi connectivity index (χ4n) is 2.40. The van der Waals surface area contributed by atoms with E-state index in [-0.39, 0.29) is 12.1 Å². The van der Waals surface area contributed by atoms with Gasteiger partial charge in [0.1, 0.15) is 11.5 Å². The highest BCUT2D eigenvalue weighted by atomic mass is 16.5. The van der Waals surface area contributed by atoms with E-state index < -0.39 is 0 Å². The molecular formula is C14H21NO3. The lowest BCUT2D eigenvalue weighted by Gasteiger charge is -2.32. The van der Waals surface area contributed by atoms with Gasteiger partial charge in [-0.2, -0.15) is 0 Å². The van der Waals surface area contributed by atoms with Gasteiger partial charge >= 0.3 is 0 Å². The number of aryl methyl sites for hydroxylation is 1. The lowest BCUT2D eigenvalue weighted by atomic mass is 9.98. The normalized spacial score (nSPS) is 23.8. The van der Waals surface area contributed by atoms with Gasteiger partial charge in [0.25, 0.3) is 0 Å². The molecule has 0 aliphatic carbocycles. The largest absolute Gasteiger partial charge is 0.496 e. The molecule has 0 aromatic heterocycles. The molecule has 1 aromatic rings. The van der Waals surface area contributed by atoms with Gasteiger partial charge in [-0.15, -0.1) is 0 Å². The number of nitrogens with one attached hydrogen (secondary N) is 1. The summed E-state index contributed by atoms with van der Waals surface area (Å²) in [5.41, 5.74) is 2.16. The van der Waals surface area contributed by atoms with Crippen molar-refractivity contribution in [3.8, 4) is 11.5 Å². The van der Waals surface area contributed by atoms with Crippen LogP contribution in [0.2, 0.25) is 0 Å². The molecule has 1 aliphatic heterocycles. The Morgan fingerprint density at radius 3 is 2.56 bits per heavy atom. The van der Waals surface area contributed by atoms with Crippen molar-refractivity contribution in [3.63, 3.8) is 0 Å². The molecule has 100 valence electrons. The maximum absolute atomic E-state index is 5.69. The molecular weight excluding hydrogens is 230 g/mol. The van der Waals surface area contributed by atoms with Gasteiger partial charge in [0.2, 0.25) is 0 Å². The number of hydrogen-bond acceptors (Lipinski definition) is 4. The summed E-state index contributed by atoms with van der Waals surface area (Å²) in [6.07, 6.45) is 0.125. The Kier molecular flexibility index (Phi) is 4.09. The molecule has 1 heterocycles. The minimum Gasteiger partial charge on any atom is -0.496 e. The molecule has 2 unspecified atom stereocenters. The SMILES string of the molecule is COc1cc(C2NCCOC2C)c(OC)cc1C. The maximum atomic E-state index is 5.69. The third kappa shape index (κ3) is 2.44. The van der Waals surface area contributed by atoms with Crippen molar-refractivity contribution in [3.05, 3.63) is 23.3 Å². The Labute approximate surface area is 108 Å². The van der Waals surface area contributed by atoms with Crippen LogP contribution in [0.1, 0.15) is 24.1 Å². The molecule has 1 aliphatic rings. The molecule has 2 rings (SSSR count). The van der Waals surface area contributed by atoms with Gasteiger partial charge < -0.3 is 19.5 Å². The summed E-state index contributed by atoms with van der Waals surface area (Å²) in [6.45, 7) is 5.69. The molecule has 0 saturated carbocycles. The first-order valence-electron chi connectivity index (χ1n) is 6.25. The summed E-state index contributed by atoms with van der Waals surface area (Å²) in [4.78, 5) is 0. The van der Waals surface area contributed by atoms with Gasteiger partial charge in [0.15, 0.2) is 0 Å². The summed E-state index contributed by atoms with van der Waals surface area (Å²) in [5.74, 6) is 1.76. The Balaban J connectivity index is 2.40. The maximum Gasteiger partial charge on any atom is 0.124 e. The van der Waals surface area contributed by atoms with Crippen molar-refractivity contribution < 1.29 is 14.2 Å². The number of hydrogen-bond donors (Lipinski definition) is 1. The van der Waals surface area contributed by atoms with E-state index in [1.165, 1.54) is 0 Å². The summed E-state index contributed by atoms with van der Waals surface area (Å²) < 4.78 is 16.6. The highest BCUT2D eigenvalue weighted by Gasteiger charge is 2.26. The lowest BCUT2D eigenvalue weighted by Crippen LogP contribution is -2.40. The summed E-state index contributed by atoms with van der Waals surface area (Å²) >= 11 is 0. The zero-order valence-electron chi connectivity index (χ0n) is 11.4. The standard InChI is InChI=1S/C14H21NO3/c1-9-7-13(17-4)11(8-12(9)16-3)14-10(2)18-6-5-15-14/h7-8,10,14-15H,5-6H2,1-4H3. The van der Waals surface area contributed by atoms with E-state index in [1.54, 1.807) is 14.2 Å². The zero-order chi connectivity index (χ0) is 13.1. The Hall–Kier alpha value is -1.26. The molecule has 0 spiro atoms. The molecule has 1 N–H and O–H groups in total. The molecule has 2 atom stereocenters. The van der Waals surface area contributed by atoms with E-state index in [4.69, 9.17) is 14.2 Å². The molecule has 18 heavy (non-hydrogen) atoms. The summed E-state index contributed by atoms with van der Waals surface area (Å²) in [5, 5.41) is 3.47. The number of benzene rings is 1. The monoisotopic (exact) mass is 251 g/mol. The van der Waals surface area contributed by atoms with Crippen molar-refractivity contribution in [2.24, 2.45) is 0 Å². The first-order valence-corrected chi connectivity index (χ1v) is 6.25. The van der Waals surface area contributed by atoms with E-state index >= 15 is 0 Å². The number of methoxy groups -OCH3 is 2. The minimum atomic E-state index is 0.125. The van der Waals surface area contributed by atoms with Crippen molar-refractivity contribution in [2.75, 3.05) is 27.4 Å². The quantitative estimate of drug-likeness (QED) is 0.892. The second-order valence-corrected chi connectivity index (χ2v) is 4.57. The molecule has 1 fully saturated rings. The third-order valence-electron chi connectivity index (χ3n) is 3.40. The van der Waals surface area contributed by atoms with Gasteiger partial charge in [-0.3, -0.25) is 0 Å².